The van der Waals surface area contributed by atoms with Crippen LogP contribution in [0, 0.1) is 6.92 Å². The third-order valence-electron chi connectivity index (χ3n) is 3.79. The Morgan fingerprint density at radius 2 is 2.00 bits per heavy atom. The van der Waals surface area contributed by atoms with E-state index in [4.69, 9.17) is 4.74 Å². The molecular weight excluding hydrogens is 322 g/mol. The zero-order chi connectivity index (χ0) is 16.9. The Morgan fingerprint density at radius 1 is 1.21 bits per heavy atom. The molecule has 0 saturated carbocycles. The van der Waals surface area contributed by atoms with Crippen LogP contribution in [0.1, 0.15) is 16.5 Å². The highest BCUT2D eigenvalue weighted by Crippen LogP contribution is 2.23. The predicted molar refractivity (Wildman–Crippen MR) is 96.5 cm³/mol. The van der Waals surface area contributed by atoms with Gasteiger partial charge in [0.1, 0.15) is 11.9 Å². The van der Waals surface area contributed by atoms with Crippen LogP contribution in [0.4, 0.5) is 0 Å². The second kappa shape index (κ2) is 7.47. The van der Waals surface area contributed by atoms with Gasteiger partial charge in [-0.15, -0.1) is 11.3 Å². The van der Waals surface area contributed by atoms with E-state index in [0.29, 0.717) is 5.75 Å². The Bertz CT molecular complexity index is 843. The standard InChI is InChI=1S/C19H19NO3S/c1-13-8-9-24-19(13)17(21)11-20-18(22)12-23-16-7-6-14-4-2-3-5-15(14)10-16/h2-10,17,21H,11-12H2,1H3,(H,20,22). The van der Waals surface area contributed by atoms with Crippen LogP contribution < -0.4 is 10.1 Å². The fourth-order valence-corrected chi connectivity index (χ4v) is 3.40. The lowest BCUT2D eigenvalue weighted by Gasteiger charge is -2.12. The molecule has 2 aromatic carbocycles. The van der Waals surface area contributed by atoms with Crippen LogP contribution in [0.25, 0.3) is 10.8 Å². The van der Waals surface area contributed by atoms with Crippen molar-refractivity contribution in [3.63, 3.8) is 0 Å². The number of carbonyl (C=O) groups is 1. The first kappa shape index (κ1) is 16.5. The summed E-state index contributed by atoms with van der Waals surface area (Å²) in [5.74, 6) is 0.398. The zero-order valence-corrected chi connectivity index (χ0v) is 14.2. The molecule has 24 heavy (non-hydrogen) atoms. The van der Waals surface area contributed by atoms with Gasteiger partial charge in [-0.2, -0.15) is 0 Å². The number of nitrogens with one attached hydrogen (secondary N) is 1. The summed E-state index contributed by atoms with van der Waals surface area (Å²) in [6, 6.07) is 15.6. The molecule has 0 saturated heterocycles. The number of aliphatic hydroxyl groups is 1. The fourth-order valence-electron chi connectivity index (χ4n) is 2.49. The minimum Gasteiger partial charge on any atom is -0.484 e. The number of fused-ring (bicyclic) bond motifs is 1. The van der Waals surface area contributed by atoms with Gasteiger partial charge in [-0.3, -0.25) is 4.79 Å². The van der Waals surface area contributed by atoms with Crippen molar-refractivity contribution in [2.75, 3.05) is 13.2 Å². The molecule has 1 unspecified atom stereocenters. The molecule has 3 rings (SSSR count). The van der Waals surface area contributed by atoms with Crippen molar-refractivity contribution in [1.82, 2.24) is 5.32 Å². The highest BCUT2D eigenvalue weighted by Gasteiger charge is 2.13. The summed E-state index contributed by atoms with van der Waals surface area (Å²) in [6.45, 7) is 2.05. The van der Waals surface area contributed by atoms with Crippen molar-refractivity contribution < 1.29 is 14.6 Å². The van der Waals surface area contributed by atoms with Crippen molar-refractivity contribution in [2.24, 2.45) is 0 Å². The molecular formula is C19H19NO3S. The lowest BCUT2D eigenvalue weighted by atomic mass is 10.1. The van der Waals surface area contributed by atoms with E-state index < -0.39 is 6.10 Å². The van der Waals surface area contributed by atoms with Crippen molar-refractivity contribution in [3.05, 3.63) is 64.4 Å². The molecule has 5 heteroatoms. The highest BCUT2D eigenvalue weighted by molar-refractivity contribution is 7.10. The minimum atomic E-state index is -0.686. The maximum atomic E-state index is 11.9. The van der Waals surface area contributed by atoms with E-state index in [1.165, 1.54) is 11.3 Å². The van der Waals surface area contributed by atoms with Crippen LogP contribution in [0.15, 0.2) is 53.9 Å². The summed E-state index contributed by atoms with van der Waals surface area (Å²) in [5, 5.41) is 16.9. The van der Waals surface area contributed by atoms with E-state index in [2.05, 4.69) is 5.32 Å². The maximum Gasteiger partial charge on any atom is 0.258 e. The fraction of sp³-hybridized carbons (Fsp3) is 0.211. The zero-order valence-electron chi connectivity index (χ0n) is 13.4. The minimum absolute atomic E-state index is 0.0749. The SMILES string of the molecule is Cc1ccsc1C(O)CNC(=O)COc1ccc2ccccc2c1. The largest absolute Gasteiger partial charge is 0.484 e. The Balaban J connectivity index is 1.50. The Kier molecular flexibility index (Phi) is 5.13. The number of thiophene rings is 1. The van der Waals surface area contributed by atoms with Gasteiger partial charge in [-0.25, -0.2) is 0 Å². The Morgan fingerprint density at radius 3 is 2.75 bits per heavy atom. The molecule has 1 aromatic heterocycles. The summed E-state index contributed by atoms with van der Waals surface area (Å²) >= 11 is 1.49. The van der Waals surface area contributed by atoms with Gasteiger partial charge in [0, 0.05) is 11.4 Å². The van der Waals surface area contributed by atoms with Crippen LogP contribution >= 0.6 is 11.3 Å². The van der Waals surface area contributed by atoms with Crippen LogP contribution in [-0.2, 0) is 4.79 Å². The molecule has 0 radical (unpaired) electrons. The van der Waals surface area contributed by atoms with Gasteiger partial charge < -0.3 is 15.2 Å². The third-order valence-corrected chi connectivity index (χ3v) is 4.91. The normalized spacial score (nSPS) is 12.1. The number of hydrogen-bond donors (Lipinski definition) is 2. The molecule has 1 atom stereocenters. The number of hydrogen-bond acceptors (Lipinski definition) is 4. The first-order chi connectivity index (χ1) is 11.6. The molecule has 4 nitrogen and oxygen atoms in total. The first-order valence-electron chi connectivity index (χ1n) is 7.74. The second-order valence-corrected chi connectivity index (χ2v) is 6.53. The molecule has 0 aliphatic rings. The van der Waals surface area contributed by atoms with Gasteiger partial charge in [0.15, 0.2) is 6.61 Å². The molecule has 1 amide bonds. The average Bonchev–Trinajstić information content (AvgIpc) is 3.03. The van der Waals surface area contributed by atoms with Crippen LogP contribution in [0.3, 0.4) is 0 Å². The monoisotopic (exact) mass is 341 g/mol. The Labute approximate surface area is 144 Å². The molecule has 124 valence electrons. The molecule has 1 heterocycles. The average molecular weight is 341 g/mol. The molecule has 0 aliphatic heterocycles. The van der Waals surface area contributed by atoms with Gasteiger partial charge in [-0.1, -0.05) is 30.3 Å². The summed E-state index contributed by atoms with van der Waals surface area (Å²) in [6.07, 6.45) is -0.686. The quantitative estimate of drug-likeness (QED) is 0.722. The van der Waals surface area contributed by atoms with Crippen molar-refractivity contribution >= 4 is 28.0 Å². The van der Waals surface area contributed by atoms with Gasteiger partial charge in [0.25, 0.3) is 5.91 Å². The van der Waals surface area contributed by atoms with Crippen molar-refractivity contribution in [2.45, 2.75) is 13.0 Å². The number of aliphatic hydroxyl groups excluding tert-OH is 1. The summed E-state index contributed by atoms with van der Waals surface area (Å²) in [7, 11) is 0. The topological polar surface area (TPSA) is 58.6 Å². The Hall–Kier alpha value is -2.37. The van der Waals surface area contributed by atoms with Crippen LogP contribution in [-0.4, -0.2) is 24.2 Å². The summed E-state index contributed by atoms with van der Waals surface area (Å²) in [5.41, 5.74) is 1.04. The van der Waals surface area contributed by atoms with E-state index in [-0.39, 0.29) is 19.1 Å². The molecule has 0 fully saturated rings. The predicted octanol–water partition coefficient (Wildman–Crippen LogP) is 3.44. The van der Waals surface area contributed by atoms with Gasteiger partial charge in [0.2, 0.25) is 0 Å². The van der Waals surface area contributed by atoms with E-state index in [1.807, 2.05) is 60.8 Å². The smallest absolute Gasteiger partial charge is 0.258 e. The third kappa shape index (κ3) is 3.93. The van der Waals surface area contributed by atoms with Gasteiger partial charge in [-0.05, 0) is 46.8 Å². The molecule has 0 bridgehead atoms. The molecule has 0 aliphatic carbocycles. The van der Waals surface area contributed by atoms with E-state index in [0.717, 1.165) is 21.2 Å². The van der Waals surface area contributed by atoms with Crippen molar-refractivity contribution in [3.8, 4) is 5.75 Å². The maximum absolute atomic E-state index is 11.9. The number of rotatable bonds is 6. The number of benzene rings is 2. The molecule has 0 spiro atoms. The highest BCUT2D eigenvalue weighted by atomic mass is 32.1. The van der Waals surface area contributed by atoms with Crippen LogP contribution in [0.2, 0.25) is 0 Å². The lowest BCUT2D eigenvalue weighted by Crippen LogP contribution is -2.32. The lowest BCUT2D eigenvalue weighted by molar-refractivity contribution is -0.123. The van der Waals surface area contributed by atoms with Gasteiger partial charge in [0.05, 0.1) is 0 Å². The van der Waals surface area contributed by atoms with E-state index >= 15 is 0 Å². The number of ether oxygens (including phenoxy) is 1. The summed E-state index contributed by atoms with van der Waals surface area (Å²) in [4.78, 5) is 12.8. The van der Waals surface area contributed by atoms with Gasteiger partial charge >= 0.3 is 0 Å². The number of aryl methyl sites for hydroxylation is 1. The molecule has 3 aromatic rings. The van der Waals surface area contributed by atoms with Crippen molar-refractivity contribution in [1.29, 1.82) is 0 Å². The van der Waals surface area contributed by atoms with Crippen LogP contribution in [0.5, 0.6) is 5.75 Å². The van der Waals surface area contributed by atoms with E-state index in [1.54, 1.807) is 0 Å². The first-order valence-corrected chi connectivity index (χ1v) is 8.62. The number of amides is 1. The second-order valence-electron chi connectivity index (χ2n) is 5.59. The van der Waals surface area contributed by atoms with E-state index in [9.17, 15) is 9.90 Å². The molecule has 2 N–H and O–H groups in total. The summed E-state index contributed by atoms with van der Waals surface area (Å²) < 4.78 is 5.53. The number of carbonyl (C=O) groups excluding carboxylic acids is 1.